The second-order valence-corrected chi connectivity index (χ2v) is 5.99. The molecule has 1 rings (SSSR count). The van der Waals surface area contributed by atoms with E-state index < -0.39 is 5.54 Å². The number of carbonyl (C=O) groups excluding carboxylic acids is 1. The molecule has 0 spiro atoms. The van der Waals surface area contributed by atoms with E-state index in [4.69, 9.17) is 4.74 Å². The van der Waals surface area contributed by atoms with Crippen LogP contribution in [0.3, 0.4) is 0 Å². The van der Waals surface area contributed by atoms with Gasteiger partial charge in [0.2, 0.25) is 0 Å². The summed E-state index contributed by atoms with van der Waals surface area (Å²) in [6, 6.07) is 5.89. The molecule has 0 fully saturated rings. The van der Waals surface area contributed by atoms with Gasteiger partial charge in [0.25, 0.3) is 0 Å². The molecule has 0 amide bonds. The lowest BCUT2D eigenvalue weighted by molar-refractivity contribution is -0.148. The maximum Gasteiger partial charge on any atom is 0.325 e. The van der Waals surface area contributed by atoms with Crippen molar-refractivity contribution in [1.82, 2.24) is 10.3 Å². The van der Waals surface area contributed by atoms with Gasteiger partial charge < -0.3 is 10.1 Å². The quantitative estimate of drug-likeness (QED) is 0.431. The predicted octanol–water partition coefficient (Wildman–Crippen LogP) is 2.89. The highest BCUT2D eigenvalue weighted by molar-refractivity contribution is 7.99. The molecule has 112 valence electrons. The van der Waals surface area contributed by atoms with Crippen LogP contribution in [0.15, 0.2) is 29.4 Å². The molecule has 0 aliphatic rings. The van der Waals surface area contributed by atoms with E-state index in [0.717, 1.165) is 36.6 Å². The standard InChI is InChI=1S/C15H24N2O2S/c1-4-10-17-15(2,14(18)19-3)9-7-12-20-13-8-5-6-11-16-13/h5-6,8,11,17H,4,7,9-10,12H2,1-3H3. The number of carbonyl (C=O) groups is 1. The van der Waals surface area contributed by atoms with Crippen LogP contribution in [0, 0.1) is 0 Å². The number of nitrogens with one attached hydrogen (secondary N) is 1. The highest BCUT2D eigenvalue weighted by atomic mass is 32.2. The molecule has 1 unspecified atom stereocenters. The first kappa shape index (κ1) is 17.0. The first-order chi connectivity index (χ1) is 9.62. The maximum atomic E-state index is 11.9. The molecule has 0 saturated carbocycles. The Morgan fingerprint density at radius 3 is 2.90 bits per heavy atom. The van der Waals surface area contributed by atoms with Gasteiger partial charge in [-0.25, -0.2) is 4.98 Å². The molecule has 20 heavy (non-hydrogen) atoms. The van der Waals surface area contributed by atoms with E-state index in [9.17, 15) is 4.79 Å². The number of aromatic nitrogens is 1. The van der Waals surface area contributed by atoms with Crippen molar-refractivity contribution in [1.29, 1.82) is 0 Å². The van der Waals surface area contributed by atoms with Gasteiger partial charge in [0, 0.05) is 6.20 Å². The maximum absolute atomic E-state index is 11.9. The molecule has 1 heterocycles. The van der Waals surface area contributed by atoms with Gasteiger partial charge in [0.05, 0.1) is 12.1 Å². The molecule has 5 heteroatoms. The smallest absolute Gasteiger partial charge is 0.325 e. The van der Waals surface area contributed by atoms with Crippen molar-refractivity contribution in [2.24, 2.45) is 0 Å². The third kappa shape index (κ3) is 5.51. The Hall–Kier alpha value is -1.07. The van der Waals surface area contributed by atoms with Gasteiger partial charge in [-0.2, -0.15) is 0 Å². The van der Waals surface area contributed by atoms with Crippen LogP contribution in [0.25, 0.3) is 0 Å². The van der Waals surface area contributed by atoms with E-state index in [2.05, 4.69) is 17.2 Å². The van der Waals surface area contributed by atoms with E-state index in [-0.39, 0.29) is 5.97 Å². The molecule has 0 aliphatic carbocycles. The fourth-order valence-electron chi connectivity index (χ4n) is 1.92. The fraction of sp³-hybridized carbons (Fsp3) is 0.600. The van der Waals surface area contributed by atoms with Crippen LogP contribution in [0.1, 0.15) is 33.1 Å². The van der Waals surface area contributed by atoms with E-state index in [1.165, 1.54) is 7.11 Å². The minimum Gasteiger partial charge on any atom is -0.468 e. The molecule has 0 bridgehead atoms. The number of thioether (sulfide) groups is 1. The van der Waals surface area contributed by atoms with E-state index >= 15 is 0 Å². The minimum absolute atomic E-state index is 0.186. The Bertz CT molecular complexity index is 400. The molecule has 4 nitrogen and oxygen atoms in total. The summed E-state index contributed by atoms with van der Waals surface area (Å²) in [5, 5.41) is 4.32. The molecule has 0 aromatic carbocycles. The number of pyridine rings is 1. The number of hydrogen-bond donors (Lipinski definition) is 1. The molecule has 1 atom stereocenters. The number of methoxy groups -OCH3 is 1. The minimum atomic E-state index is -0.588. The zero-order chi connectivity index (χ0) is 14.8. The Morgan fingerprint density at radius 1 is 1.50 bits per heavy atom. The molecule has 1 N–H and O–H groups in total. The van der Waals surface area contributed by atoms with Crippen LogP contribution in [-0.2, 0) is 9.53 Å². The number of hydrogen-bond acceptors (Lipinski definition) is 5. The average Bonchev–Trinajstić information content (AvgIpc) is 2.49. The Kier molecular flexibility index (Phi) is 7.62. The molecular weight excluding hydrogens is 272 g/mol. The van der Waals surface area contributed by atoms with Gasteiger partial charge in [-0.15, -0.1) is 11.8 Å². The molecule has 1 aromatic heterocycles. The number of nitrogens with zero attached hydrogens (tertiary/aromatic N) is 1. The highest BCUT2D eigenvalue weighted by Crippen LogP contribution is 2.20. The van der Waals surface area contributed by atoms with Crippen LogP contribution in [-0.4, -0.2) is 35.9 Å². The number of ether oxygens (including phenoxy) is 1. The van der Waals surface area contributed by atoms with Crippen molar-refractivity contribution in [2.45, 2.75) is 43.7 Å². The Morgan fingerprint density at radius 2 is 2.30 bits per heavy atom. The molecule has 0 radical (unpaired) electrons. The summed E-state index contributed by atoms with van der Waals surface area (Å²) >= 11 is 1.71. The normalized spacial score (nSPS) is 13.8. The van der Waals surface area contributed by atoms with Crippen LogP contribution in [0.4, 0.5) is 0 Å². The van der Waals surface area contributed by atoms with Crippen molar-refractivity contribution < 1.29 is 9.53 Å². The highest BCUT2D eigenvalue weighted by Gasteiger charge is 2.32. The predicted molar refractivity (Wildman–Crippen MR) is 82.9 cm³/mol. The van der Waals surface area contributed by atoms with Crippen molar-refractivity contribution in [3.63, 3.8) is 0 Å². The monoisotopic (exact) mass is 296 g/mol. The second kappa shape index (κ2) is 8.97. The molecule has 0 saturated heterocycles. The number of esters is 1. The van der Waals surface area contributed by atoms with Crippen LogP contribution in [0.5, 0.6) is 0 Å². The fourth-order valence-corrected chi connectivity index (χ4v) is 2.73. The van der Waals surface area contributed by atoms with Crippen molar-refractivity contribution in [2.75, 3.05) is 19.4 Å². The van der Waals surface area contributed by atoms with Gasteiger partial charge in [0.1, 0.15) is 5.54 Å². The van der Waals surface area contributed by atoms with Gasteiger partial charge >= 0.3 is 5.97 Å². The van der Waals surface area contributed by atoms with Gasteiger partial charge in [-0.05, 0) is 50.6 Å². The van der Waals surface area contributed by atoms with Crippen LogP contribution >= 0.6 is 11.8 Å². The Labute approximate surface area is 125 Å². The molecule has 0 aliphatic heterocycles. The third-order valence-electron chi connectivity index (χ3n) is 3.11. The average molecular weight is 296 g/mol. The topological polar surface area (TPSA) is 51.2 Å². The summed E-state index contributed by atoms with van der Waals surface area (Å²) in [7, 11) is 1.44. The summed E-state index contributed by atoms with van der Waals surface area (Å²) in [6.45, 7) is 4.82. The SMILES string of the molecule is CCCNC(C)(CCCSc1ccccn1)C(=O)OC. The zero-order valence-electron chi connectivity index (χ0n) is 12.5. The number of rotatable bonds is 9. The van der Waals surface area contributed by atoms with Crippen LogP contribution in [0.2, 0.25) is 0 Å². The van der Waals surface area contributed by atoms with Gasteiger partial charge in [0.15, 0.2) is 0 Å². The summed E-state index contributed by atoms with van der Waals surface area (Å²) in [5.41, 5.74) is -0.588. The lowest BCUT2D eigenvalue weighted by atomic mass is 9.96. The molecular formula is C15H24N2O2S. The summed E-state index contributed by atoms with van der Waals surface area (Å²) < 4.78 is 4.91. The van der Waals surface area contributed by atoms with Gasteiger partial charge in [-0.3, -0.25) is 4.79 Å². The van der Waals surface area contributed by atoms with Crippen molar-refractivity contribution in [3.05, 3.63) is 24.4 Å². The summed E-state index contributed by atoms with van der Waals surface area (Å²) in [5.74, 6) is 0.756. The Balaban J connectivity index is 2.40. The van der Waals surface area contributed by atoms with Crippen molar-refractivity contribution in [3.8, 4) is 0 Å². The lowest BCUT2D eigenvalue weighted by Gasteiger charge is -2.27. The van der Waals surface area contributed by atoms with Crippen molar-refractivity contribution >= 4 is 17.7 Å². The third-order valence-corrected chi connectivity index (χ3v) is 4.14. The molecule has 1 aromatic rings. The van der Waals surface area contributed by atoms with Gasteiger partial charge in [-0.1, -0.05) is 13.0 Å². The zero-order valence-corrected chi connectivity index (χ0v) is 13.3. The summed E-state index contributed by atoms with van der Waals surface area (Å²) in [4.78, 5) is 16.2. The van der Waals surface area contributed by atoms with E-state index in [1.54, 1.807) is 18.0 Å². The van der Waals surface area contributed by atoms with E-state index in [0.29, 0.717) is 0 Å². The van der Waals surface area contributed by atoms with E-state index in [1.807, 2.05) is 25.1 Å². The second-order valence-electron chi connectivity index (χ2n) is 4.87. The first-order valence-electron chi connectivity index (χ1n) is 6.99. The lowest BCUT2D eigenvalue weighted by Crippen LogP contribution is -2.50. The summed E-state index contributed by atoms with van der Waals surface area (Å²) in [6.07, 6.45) is 4.49. The largest absolute Gasteiger partial charge is 0.468 e. The van der Waals surface area contributed by atoms with Crippen LogP contribution < -0.4 is 5.32 Å². The first-order valence-corrected chi connectivity index (χ1v) is 7.98.